The zero-order valence-corrected chi connectivity index (χ0v) is 11.0. The van der Waals surface area contributed by atoms with Gasteiger partial charge in [0.05, 0.1) is 23.5 Å². The van der Waals surface area contributed by atoms with Gasteiger partial charge in [-0.15, -0.1) is 22.7 Å². The third kappa shape index (κ3) is 1.89. The second-order valence-corrected chi connectivity index (χ2v) is 5.53. The van der Waals surface area contributed by atoms with Gasteiger partial charge in [-0.05, 0) is 17.5 Å². The van der Waals surface area contributed by atoms with Gasteiger partial charge in [-0.1, -0.05) is 0 Å². The summed E-state index contributed by atoms with van der Waals surface area (Å²) in [4.78, 5) is 20.4. The second-order valence-electron chi connectivity index (χ2n) is 3.55. The van der Waals surface area contributed by atoms with Crippen LogP contribution in [-0.4, -0.2) is 23.0 Å². The number of methoxy groups -OCH3 is 1. The molecule has 3 rings (SSSR count). The standard InChI is InChI=1S/C12H8N2O2S2/c1-16-12(15)10-6-14-11(18-10)7-4-9-8(13-5-7)2-3-17-9/h2-6H,1H3. The van der Waals surface area contributed by atoms with Crippen LogP contribution in [0.2, 0.25) is 0 Å². The van der Waals surface area contributed by atoms with Crippen LogP contribution in [0.3, 0.4) is 0 Å². The molecule has 0 unspecified atom stereocenters. The van der Waals surface area contributed by atoms with Gasteiger partial charge in [-0.2, -0.15) is 0 Å². The van der Waals surface area contributed by atoms with E-state index in [-0.39, 0.29) is 5.97 Å². The number of fused-ring (bicyclic) bond motifs is 1. The molecule has 3 heterocycles. The van der Waals surface area contributed by atoms with E-state index in [2.05, 4.69) is 14.7 Å². The van der Waals surface area contributed by atoms with Gasteiger partial charge in [-0.25, -0.2) is 9.78 Å². The molecule has 0 fully saturated rings. The molecule has 0 aromatic carbocycles. The second kappa shape index (κ2) is 4.47. The molecule has 0 aliphatic rings. The summed E-state index contributed by atoms with van der Waals surface area (Å²) in [6, 6.07) is 4.01. The van der Waals surface area contributed by atoms with Crippen LogP contribution in [0.4, 0.5) is 0 Å². The Hall–Kier alpha value is -1.79. The predicted octanol–water partition coefficient (Wildman–Crippen LogP) is 3.21. The third-order valence-corrected chi connectivity index (χ3v) is 4.32. The van der Waals surface area contributed by atoms with E-state index in [4.69, 9.17) is 0 Å². The van der Waals surface area contributed by atoms with Crippen molar-refractivity contribution >= 4 is 38.9 Å². The molecule has 4 nitrogen and oxygen atoms in total. The minimum absolute atomic E-state index is 0.357. The normalized spacial score (nSPS) is 10.7. The van der Waals surface area contributed by atoms with E-state index >= 15 is 0 Å². The van der Waals surface area contributed by atoms with Crippen molar-refractivity contribution in [1.29, 1.82) is 0 Å². The number of pyridine rings is 1. The zero-order chi connectivity index (χ0) is 12.5. The maximum atomic E-state index is 11.4. The maximum Gasteiger partial charge on any atom is 0.349 e. The molecule has 90 valence electrons. The molecule has 18 heavy (non-hydrogen) atoms. The van der Waals surface area contributed by atoms with Gasteiger partial charge in [0.2, 0.25) is 0 Å². The maximum absolute atomic E-state index is 11.4. The summed E-state index contributed by atoms with van der Waals surface area (Å²) in [5, 5.41) is 2.78. The Morgan fingerprint density at radius 1 is 1.33 bits per heavy atom. The van der Waals surface area contributed by atoms with Crippen molar-refractivity contribution in [1.82, 2.24) is 9.97 Å². The summed E-state index contributed by atoms with van der Waals surface area (Å²) in [5.41, 5.74) is 1.90. The highest BCUT2D eigenvalue weighted by molar-refractivity contribution is 7.17. The van der Waals surface area contributed by atoms with Crippen molar-refractivity contribution in [2.75, 3.05) is 7.11 Å². The number of thiophene rings is 1. The van der Waals surface area contributed by atoms with E-state index in [1.165, 1.54) is 24.6 Å². The van der Waals surface area contributed by atoms with Crippen molar-refractivity contribution in [3.8, 4) is 10.6 Å². The van der Waals surface area contributed by atoms with Crippen LogP contribution in [0.1, 0.15) is 9.67 Å². The van der Waals surface area contributed by atoms with E-state index in [1.807, 2.05) is 17.5 Å². The molecular formula is C12H8N2O2S2. The van der Waals surface area contributed by atoms with Crippen LogP contribution in [0.25, 0.3) is 20.8 Å². The molecule has 0 saturated heterocycles. The molecule has 3 aromatic heterocycles. The first-order valence-electron chi connectivity index (χ1n) is 5.15. The van der Waals surface area contributed by atoms with Gasteiger partial charge >= 0.3 is 5.97 Å². The molecule has 0 atom stereocenters. The lowest BCUT2D eigenvalue weighted by atomic mass is 10.3. The Morgan fingerprint density at radius 2 is 2.22 bits per heavy atom. The Labute approximate surface area is 111 Å². The molecule has 0 amide bonds. The first-order valence-corrected chi connectivity index (χ1v) is 6.85. The molecule has 0 spiro atoms. The first kappa shape index (κ1) is 11.3. The Balaban J connectivity index is 2.03. The third-order valence-electron chi connectivity index (χ3n) is 2.44. The van der Waals surface area contributed by atoms with Crippen LogP contribution in [-0.2, 0) is 4.74 Å². The van der Waals surface area contributed by atoms with E-state index in [1.54, 1.807) is 17.5 Å². The molecule has 0 aliphatic heterocycles. The van der Waals surface area contributed by atoms with Crippen molar-refractivity contribution in [3.63, 3.8) is 0 Å². The molecule has 6 heteroatoms. The fourth-order valence-corrected chi connectivity index (χ4v) is 3.16. The number of carbonyl (C=O) groups excluding carboxylic acids is 1. The molecule has 0 aliphatic carbocycles. The number of esters is 1. The fraction of sp³-hybridized carbons (Fsp3) is 0.0833. The van der Waals surface area contributed by atoms with Crippen LogP contribution < -0.4 is 0 Å². The average Bonchev–Trinajstić information content (AvgIpc) is 3.05. The van der Waals surface area contributed by atoms with Gasteiger partial charge in [0.25, 0.3) is 0 Å². The predicted molar refractivity (Wildman–Crippen MR) is 72.1 cm³/mol. The number of hydrogen-bond donors (Lipinski definition) is 0. The van der Waals surface area contributed by atoms with E-state index in [0.29, 0.717) is 4.88 Å². The Morgan fingerprint density at radius 3 is 3.06 bits per heavy atom. The quantitative estimate of drug-likeness (QED) is 0.674. The lowest BCUT2D eigenvalue weighted by Crippen LogP contribution is -1.96. The molecule has 3 aromatic rings. The Bertz CT molecular complexity index is 718. The number of nitrogens with zero attached hydrogens (tertiary/aromatic N) is 2. The molecule has 0 saturated carbocycles. The number of thiazole rings is 1. The van der Waals surface area contributed by atoms with Crippen molar-refractivity contribution in [2.45, 2.75) is 0 Å². The molecule has 0 radical (unpaired) electrons. The number of rotatable bonds is 2. The van der Waals surface area contributed by atoms with Crippen LogP contribution in [0.15, 0.2) is 29.9 Å². The fourth-order valence-electron chi connectivity index (χ4n) is 1.57. The van der Waals surface area contributed by atoms with E-state index in [0.717, 1.165) is 20.8 Å². The lowest BCUT2D eigenvalue weighted by Gasteiger charge is -1.95. The van der Waals surface area contributed by atoms with Gasteiger partial charge < -0.3 is 4.74 Å². The van der Waals surface area contributed by atoms with Crippen molar-refractivity contribution in [3.05, 3.63) is 34.8 Å². The van der Waals surface area contributed by atoms with Crippen LogP contribution >= 0.6 is 22.7 Å². The average molecular weight is 276 g/mol. The summed E-state index contributed by atoms with van der Waals surface area (Å²) >= 11 is 2.95. The van der Waals surface area contributed by atoms with Gasteiger partial charge in [0, 0.05) is 11.8 Å². The minimum Gasteiger partial charge on any atom is -0.465 e. The Kier molecular flexibility index (Phi) is 2.81. The van der Waals surface area contributed by atoms with Gasteiger partial charge in [0.1, 0.15) is 9.88 Å². The summed E-state index contributed by atoms with van der Waals surface area (Å²) in [6.07, 6.45) is 3.30. The SMILES string of the molecule is COC(=O)c1cnc(-c2cnc3ccsc3c2)s1. The molecule has 0 bridgehead atoms. The lowest BCUT2D eigenvalue weighted by molar-refractivity contribution is 0.0606. The largest absolute Gasteiger partial charge is 0.465 e. The first-order chi connectivity index (χ1) is 8.78. The topological polar surface area (TPSA) is 52.1 Å². The smallest absolute Gasteiger partial charge is 0.349 e. The number of aromatic nitrogens is 2. The highest BCUT2D eigenvalue weighted by Gasteiger charge is 2.12. The number of ether oxygens (including phenoxy) is 1. The number of hydrogen-bond acceptors (Lipinski definition) is 6. The van der Waals surface area contributed by atoms with Gasteiger partial charge in [-0.3, -0.25) is 4.98 Å². The molecular weight excluding hydrogens is 268 g/mol. The number of carbonyl (C=O) groups is 1. The van der Waals surface area contributed by atoms with Crippen LogP contribution in [0.5, 0.6) is 0 Å². The summed E-state index contributed by atoms with van der Waals surface area (Å²) in [5.74, 6) is -0.357. The van der Waals surface area contributed by atoms with Crippen molar-refractivity contribution < 1.29 is 9.53 Å². The highest BCUT2D eigenvalue weighted by atomic mass is 32.1. The minimum atomic E-state index is -0.357. The summed E-state index contributed by atoms with van der Waals surface area (Å²) in [7, 11) is 1.36. The van der Waals surface area contributed by atoms with E-state index < -0.39 is 0 Å². The molecule has 0 N–H and O–H groups in total. The summed E-state index contributed by atoms with van der Waals surface area (Å²) in [6.45, 7) is 0. The van der Waals surface area contributed by atoms with Crippen LogP contribution in [0, 0.1) is 0 Å². The highest BCUT2D eigenvalue weighted by Crippen LogP contribution is 2.29. The van der Waals surface area contributed by atoms with E-state index in [9.17, 15) is 4.79 Å². The summed E-state index contributed by atoms with van der Waals surface area (Å²) < 4.78 is 5.77. The van der Waals surface area contributed by atoms with Gasteiger partial charge in [0.15, 0.2) is 0 Å². The zero-order valence-electron chi connectivity index (χ0n) is 9.41. The monoisotopic (exact) mass is 276 g/mol. The van der Waals surface area contributed by atoms with Crippen molar-refractivity contribution in [2.24, 2.45) is 0 Å².